The molecule has 1 amide bonds. The summed E-state index contributed by atoms with van der Waals surface area (Å²) in [5.41, 5.74) is 0.487. The lowest BCUT2D eigenvalue weighted by molar-refractivity contribution is -0.143. The number of methoxy groups -OCH3 is 1. The first kappa shape index (κ1) is 20.2. The number of hydrogen-bond donors (Lipinski definition) is 2. The molecule has 0 heterocycles. The summed E-state index contributed by atoms with van der Waals surface area (Å²) in [6, 6.07) is 6.66. The molecule has 1 saturated carbocycles. The van der Waals surface area contributed by atoms with E-state index in [4.69, 9.17) is 9.47 Å². The van der Waals surface area contributed by atoms with Crippen molar-refractivity contribution in [3.63, 3.8) is 0 Å². The first-order chi connectivity index (χ1) is 12.6. The Hall–Kier alpha value is -2.08. The summed E-state index contributed by atoms with van der Waals surface area (Å²) in [6.07, 6.45) is 6.08. The zero-order valence-electron chi connectivity index (χ0n) is 15.4. The zero-order chi connectivity index (χ0) is 18.8. The minimum Gasteiger partial charge on any atom is -0.493 e. The number of aliphatic carboxylic acids is 1. The van der Waals surface area contributed by atoms with Crippen LogP contribution in [-0.4, -0.2) is 43.3 Å². The third-order valence-electron chi connectivity index (χ3n) is 4.76. The van der Waals surface area contributed by atoms with Crippen LogP contribution in [0, 0.1) is 5.92 Å². The molecule has 0 aliphatic heterocycles. The number of amides is 1. The highest BCUT2D eigenvalue weighted by Gasteiger charge is 2.30. The smallest absolute Gasteiger partial charge is 0.308 e. The summed E-state index contributed by atoms with van der Waals surface area (Å²) >= 11 is 0. The van der Waals surface area contributed by atoms with Gasteiger partial charge in [0.25, 0.3) is 5.91 Å². The van der Waals surface area contributed by atoms with Gasteiger partial charge in [-0.3, -0.25) is 9.59 Å². The SMILES string of the molecule is COCCCOc1cccc(C(=O)NC2CCCCCCC2C(=O)O)c1. The molecule has 1 aliphatic rings. The number of hydrogen-bond acceptors (Lipinski definition) is 4. The van der Waals surface area contributed by atoms with Crippen LogP contribution in [-0.2, 0) is 9.53 Å². The van der Waals surface area contributed by atoms with Gasteiger partial charge in [-0.25, -0.2) is 0 Å². The number of carbonyl (C=O) groups is 2. The molecule has 6 nitrogen and oxygen atoms in total. The summed E-state index contributed by atoms with van der Waals surface area (Å²) in [7, 11) is 1.64. The van der Waals surface area contributed by atoms with Crippen LogP contribution in [0.25, 0.3) is 0 Å². The molecular weight excluding hydrogens is 334 g/mol. The van der Waals surface area contributed by atoms with E-state index in [0.29, 0.717) is 37.4 Å². The molecule has 6 heteroatoms. The monoisotopic (exact) mass is 363 g/mol. The van der Waals surface area contributed by atoms with Crippen molar-refractivity contribution in [2.75, 3.05) is 20.3 Å². The fourth-order valence-electron chi connectivity index (χ4n) is 3.32. The minimum atomic E-state index is -0.826. The van der Waals surface area contributed by atoms with Crippen molar-refractivity contribution >= 4 is 11.9 Å². The molecule has 0 radical (unpaired) electrons. The molecule has 1 aromatic rings. The molecule has 0 bridgehead atoms. The standard InChI is InChI=1S/C20H29NO5/c1-25-12-7-13-26-16-9-6-8-15(14-16)19(22)21-18-11-5-3-2-4-10-17(18)20(23)24/h6,8-9,14,17-18H,2-5,7,10-13H2,1H3,(H,21,22)(H,23,24). The van der Waals surface area contributed by atoms with E-state index >= 15 is 0 Å². The van der Waals surface area contributed by atoms with Gasteiger partial charge in [-0.1, -0.05) is 31.7 Å². The van der Waals surface area contributed by atoms with Gasteiger partial charge in [0, 0.05) is 31.7 Å². The predicted molar refractivity (Wildman–Crippen MR) is 98.5 cm³/mol. The van der Waals surface area contributed by atoms with Crippen LogP contribution < -0.4 is 10.1 Å². The third-order valence-corrected chi connectivity index (χ3v) is 4.76. The Labute approximate surface area is 154 Å². The number of carboxylic acid groups (broad SMARTS) is 1. The van der Waals surface area contributed by atoms with E-state index in [1.54, 1.807) is 31.4 Å². The molecular formula is C20H29NO5. The Morgan fingerprint density at radius 1 is 1.15 bits per heavy atom. The normalized spacial score (nSPS) is 20.7. The van der Waals surface area contributed by atoms with Crippen molar-refractivity contribution in [1.82, 2.24) is 5.32 Å². The molecule has 0 aromatic heterocycles. The van der Waals surface area contributed by atoms with Crippen molar-refractivity contribution in [2.45, 2.75) is 51.0 Å². The molecule has 0 saturated heterocycles. The third kappa shape index (κ3) is 6.33. The second kappa shape index (κ2) is 10.8. The van der Waals surface area contributed by atoms with Crippen molar-refractivity contribution in [3.8, 4) is 5.75 Å². The van der Waals surface area contributed by atoms with E-state index in [2.05, 4.69) is 5.32 Å². The van der Waals surface area contributed by atoms with Gasteiger partial charge in [-0.15, -0.1) is 0 Å². The molecule has 1 fully saturated rings. The fourth-order valence-corrected chi connectivity index (χ4v) is 3.32. The first-order valence-electron chi connectivity index (χ1n) is 9.37. The lowest BCUT2D eigenvalue weighted by Crippen LogP contribution is -2.43. The van der Waals surface area contributed by atoms with E-state index in [-0.39, 0.29) is 11.9 Å². The van der Waals surface area contributed by atoms with E-state index in [9.17, 15) is 14.7 Å². The van der Waals surface area contributed by atoms with E-state index in [1.807, 2.05) is 0 Å². The van der Waals surface area contributed by atoms with Gasteiger partial charge in [-0.2, -0.15) is 0 Å². The topological polar surface area (TPSA) is 84.9 Å². The lowest BCUT2D eigenvalue weighted by atomic mass is 9.86. The number of rotatable bonds is 8. The first-order valence-corrected chi connectivity index (χ1v) is 9.37. The Morgan fingerprint density at radius 3 is 2.65 bits per heavy atom. The molecule has 0 spiro atoms. The molecule has 26 heavy (non-hydrogen) atoms. The van der Waals surface area contributed by atoms with Gasteiger partial charge >= 0.3 is 5.97 Å². The maximum absolute atomic E-state index is 12.6. The summed E-state index contributed by atoms with van der Waals surface area (Å²) < 4.78 is 10.6. The van der Waals surface area contributed by atoms with Crippen LogP contribution in [0.15, 0.2) is 24.3 Å². The average molecular weight is 363 g/mol. The van der Waals surface area contributed by atoms with Crippen LogP contribution in [0.3, 0.4) is 0 Å². The molecule has 1 aliphatic carbocycles. The Morgan fingerprint density at radius 2 is 1.92 bits per heavy atom. The number of carbonyl (C=O) groups excluding carboxylic acids is 1. The average Bonchev–Trinajstić information content (AvgIpc) is 2.61. The van der Waals surface area contributed by atoms with Gasteiger partial charge in [0.2, 0.25) is 0 Å². The molecule has 2 unspecified atom stereocenters. The van der Waals surface area contributed by atoms with Crippen LogP contribution in [0.5, 0.6) is 5.75 Å². The van der Waals surface area contributed by atoms with Crippen molar-refractivity contribution in [2.24, 2.45) is 5.92 Å². The Kier molecular flexibility index (Phi) is 8.41. The maximum Gasteiger partial charge on any atom is 0.308 e. The number of carboxylic acids is 1. The van der Waals surface area contributed by atoms with E-state index in [1.165, 1.54) is 0 Å². The van der Waals surface area contributed by atoms with Gasteiger partial charge in [0.05, 0.1) is 12.5 Å². The predicted octanol–water partition coefficient (Wildman–Crippen LogP) is 3.26. The maximum atomic E-state index is 12.6. The Bertz CT molecular complexity index is 589. The number of benzene rings is 1. The largest absolute Gasteiger partial charge is 0.493 e. The summed E-state index contributed by atoms with van der Waals surface area (Å²) in [6.45, 7) is 1.14. The highest BCUT2D eigenvalue weighted by molar-refractivity contribution is 5.95. The molecule has 144 valence electrons. The van der Waals surface area contributed by atoms with Crippen LogP contribution in [0.2, 0.25) is 0 Å². The molecule has 2 atom stereocenters. The number of nitrogens with one attached hydrogen (secondary N) is 1. The molecule has 2 N–H and O–H groups in total. The number of ether oxygens (including phenoxy) is 2. The van der Waals surface area contributed by atoms with Crippen molar-refractivity contribution < 1.29 is 24.2 Å². The lowest BCUT2D eigenvalue weighted by Gasteiger charge is -2.27. The summed E-state index contributed by atoms with van der Waals surface area (Å²) in [4.78, 5) is 24.2. The van der Waals surface area contributed by atoms with Crippen LogP contribution in [0.1, 0.15) is 55.3 Å². The quantitative estimate of drug-likeness (QED) is 0.693. The second-order valence-corrected chi connectivity index (χ2v) is 6.74. The van der Waals surface area contributed by atoms with Gasteiger partial charge in [0.1, 0.15) is 5.75 Å². The fraction of sp³-hybridized carbons (Fsp3) is 0.600. The molecule has 2 rings (SSSR count). The van der Waals surface area contributed by atoms with E-state index < -0.39 is 11.9 Å². The highest BCUT2D eigenvalue weighted by atomic mass is 16.5. The van der Waals surface area contributed by atoms with Crippen molar-refractivity contribution in [3.05, 3.63) is 29.8 Å². The van der Waals surface area contributed by atoms with Crippen LogP contribution in [0.4, 0.5) is 0 Å². The van der Waals surface area contributed by atoms with Gasteiger partial charge in [0.15, 0.2) is 0 Å². The van der Waals surface area contributed by atoms with Crippen molar-refractivity contribution in [1.29, 1.82) is 0 Å². The highest BCUT2D eigenvalue weighted by Crippen LogP contribution is 2.24. The minimum absolute atomic E-state index is 0.246. The van der Waals surface area contributed by atoms with Gasteiger partial charge in [-0.05, 0) is 31.0 Å². The second-order valence-electron chi connectivity index (χ2n) is 6.74. The van der Waals surface area contributed by atoms with Crippen LogP contribution >= 0.6 is 0 Å². The van der Waals surface area contributed by atoms with Gasteiger partial charge < -0.3 is 19.9 Å². The molecule has 1 aromatic carbocycles. The zero-order valence-corrected chi connectivity index (χ0v) is 15.4. The summed E-state index contributed by atoms with van der Waals surface area (Å²) in [5.74, 6) is -0.967. The summed E-state index contributed by atoms with van der Waals surface area (Å²) in [5, 5.41) is 12.5. The Balaban J connectivity index is 1.99. The van der Waals surface area contributed by atoms with E-state index in [0.717, 1.165) is 32.1 Å².